The SMILES string of the molecule is CCCCN(Cc1cccc(Cl)c1)C(=O)c1nn(-c2ccc(C(=O)NS(=O)(=O)c3ccc4ccccc4c3)cc2C(=O)N2CCc3ccccc3C2)c(C)c1Cl. The number of halogens is 2. The Balaban J connectivity index is 1.25. The van der Waals surface area contributed by atoms with E-state index in [2.05, 4.69) is 4.72 Å². The van der Waals surface area contributed by atoms with Crippen LogP contribution in [0.5, 0.6) is 0 Å². The summed E-state index contributed by atoms with van der Waals surface area (Å²) in [7, 11) is -4.29. The minimum atomic E-state index is -4.29. The second kappa shape index (κ2) is 16.3. The third-order valence-electron chi connectivity index (χ3n) is 9.97. The van der Waals surface area contributed by atoms with E-state index in [9.17, 15) is 22.8 Å². The van der Waals surface area contributed by atoms with Gasteiger partial charge >= 0.3 is 0 Å². The van der Waals surface area contributed by atoms with Crippen LogP contribution >= 0.6 is 23.2 Å². The van der Waals surface area contributed by atoms with Gasteiger partial charge in [0.15, 0.2) is 5.69 Å². The third kappa shape index (κ3) is 8.07. The Morgan fingerprint density at radius 2 is 1.61 bits per heavy atom. The molecule has 0 spiro atoms. The molecule has 5 aromatic carbocycles. The summed E-state index contributed by atoms with van der Waals surface area (Å²) in [5.74, 6) is -1.70. The molecule has 0 aliphatic carbocycles. The highest BCUT2D eigenvalue weighted by atomic mass is 35.5. The van der Waals surface area contributed by atoms with E-state index in [0.717, 1.165) is 34.9 Å². The van der Waals surface area contributed by atoms with Gasteiger partial charge in [0, 0.05) is 36.8 Å². The van der Waals surface area contributed by atoms with Gasteiger partial charge in [0.05, 0.1) is 26.9 Å². The van der Waals surface area contributed by atoms with Crippen LogP contribution in [0.3, 0.4) is 0 Å². The van der Waals surface area contributed by atoms with E-state index < -0.39 is 21.8 Å². The van der Waals surface area contributed by atoms with Crippen molar-refractivity contribution in [1.29, 1.82) is 0 Å². The van der Waals surface area contributed by atoms with Gasteiger partial charge in [0.2, 0.25) is 0 Å². The molecule has 6 aromatic rings. The highest BCUT2D eigenvalue weighted by Crippen LogP contribution is 2.30. The number of sulfonamides is 1. The van der Waals surface area contributed by atoms with Crippen molar-refractivity contribution in [3.05, 3.63) is 158 Å². The summed E-state index contributed by atoms with van der Waals surface area (Å²) >= 11 is 13.1. The van der Waals surface area contributed by atoms with Crippen molar-refractivity contribution >= 4 is 61.7 Å². The average molecular weight is 809 g/mol. The molecule has 286 valence electrons. The molecule has 56 heavy (non-hydrogen) atoms. The topological polar surface area (TPSA) is 122 Å². The first-order valence-electron chi connectivity index (χ1n) is 18.3. The summed E-state index contributed by atoms with van der Waals surface area (Å²) in [6.07, 6.45) is 2.24. The molecule has 0 atom stereocenters. The lowest BCUT2D eigenvalue weighted by molar-refractivity contribution is 0.0729. The molecule has 1 aromatic heterocycles. The Hall–Kier alpha value is -5.49. The van der Waals surface area contributed by atoms with Gasteiger partial charge in [-0.3, -0.25) is 14.4 Å². The van der Waals surface area contributed by atoms with E-state index in [1.165, 1.54) is 35.0 Å². The van der Waals surface area contributed by atoms with Gasteiger partial charge in [0.1, 0.15) is 0 Å². The van der Waals surface area contributed by atoms with E-state index in [1.54, 1.807) is 47.1 Å². The lowest BCUT2D eigenvalue weighted by Gasteiger charge is -2.29. The first kappa shape index (κ1) is 38.8. The van der Waals surface area contributed by atoms with Crippen LogP contribution in [0.1, 0.15) is 73.4 Å². The summed E-state index contributed by atoms with van der Waals surface area (Å²) in [6, 6.07) is 31.4. The summed E-state index contributed by atoms with van der Waals surface area (Å²) in [4.78, 5) is 45.6. The molecule has 0 bridgehead atoms. The molecule has 0 saturated carbocycles. The molecule has 1 aliphatic rings. The quantitative estimate of drug-likeness (QED) is 0.140. The van der Waals surface area contributed by atoms with Gasteiger partial charge in [-0.15, -0.1) is 0 Å². The van der Waals surface area contributed by atoms with E-state index in [0.29, 0.717) is 42.2 Å². The molecule has 0 radical (unpaired) electrons. The van der Waals surface area contributed by atoms with Crippen LogP contribution in [0.4, 0.5) is 0 Å². The van der Waals surface area contributed by atoms with Crippen LogP contribution < -0.4 is 4.72 Å². The fourth-order valence-electron chi connectivity index (χ4n) is 6.91. The van der Waals surface area contributed by atoms with Crippen LogP contribution in [-0.2, 0) is 29.5 Å². The molecule has 10 nitrogen and oxygen atoms in total. The third-order valence-corrected chi connectivity index (χ3v) is 12.0. The molecule has 1 N–H and O–H groups in total. The fourth-order valence-corrected chi connectivity index (χ4v) is 8.33. The number of fused-ring (bicyclic) bond motifs is 2. The number of nitrogens with zero attached hydrogens (tertiary/aromatic N) is 4. The lowest BCUT2D eigenvalue weighted by atomic mass is 9.98. The predicted molar refractivity (Wildman–Crippen MR) is 218 cm³/mol. The molecular formula is C43H39Cl2N5O5S. The van der Waals surface area contributed by atoms with Gasteiger partial charge in [-0.25, -0.2) is 17.8 Å². The van der Waals surface area contributed by atoms with Gasteiger partial charge in [-0.1, -0.05) is 103 Å². The minimum absolute atomic E-state index is 0.0101. The molecule has 2 heterocycles. The normalized spacial score (nSPS) is 12.7. The average Bonchev–Trinajstić information content (AvgIpc) is 3.50. The Kier molecular flexibility index (Phi) is 11.3. The number of benzene rings is 5. The molecule has 0 fully saturated rings. The summed E-state index contributed by atoms with van der Waals surface area (Å²) in [5.41, 5.74) is 3.71. The number of unbranched alkanes of at least 4 members (excludes halogenated alkanes) is 1. The smallest absolute Gasteiger partial charge is 0.276 e. The Morgan fingerprint density at radius 3 is 2.38 bits per heavy atom. The van der Waals surface area contributed by atoms with Crippen molar-refractivity contribution in [1.82, 2.24) is 24.3 Å². The van der Waals surface area contributed by atoms with E-state index in [4.69, 9.17) is 28.3 Å². The van der Waals surface area contributed by atoms with Crippen molar-refractivity contribution < 1.29 is 22.8 Å². The summed E-state index contributed by atoms with van der Waals surface area (Å²) < 4.78 is 30.5. The highest BCUT2D eigenvalue weighted by molar-refractivity contribution is 7.90. The van der Waals surface area contributed by atoms with Crippen LogP contribution in [0.15, 0.2) is 114 Å². The maximum Gasteiger partial charge on any atom is 0.276 e. The largest absolute Gasteiger partial charge is 0.334 e. The van der Waals surface area contributed by atoms with Crippen LogP contribution in [0.2, 0.25) is 10.0 Å². The predicted octanol–water partition coefficient (Wildman–Crippen LogP) is 8.40. The number of hydrogen-bond donors (Lipinski definition) is 1. The summed E-state index contributed by atoms with van der Waals surface area (Å²) in [5, 5.41) is 6.92. The van der Waals surface area contributed by atoms with Crippen molar-refractivity contribution in [3.8, 4) is 5.69 Å². The van der Waals surface area contributed by atoms with Gasteiger partial charge in [0.25, 0.3) is 27.7 Å². The number of carbonyl (C=O) groups is 3. The van der Waals surface area contributed by atoms with Gasteiger partial charge < -0.3 is 9.80 Å². The van der Waals surface area contributed by atoms with Crippen molar-refractivity contribution in [2.75, 3.05) is 13.1 Å². The number of carbonyl (C=O) groups excluding carboxylic acids is 3. The second-order valence-electron chi connectivity index (χ2n) is 13.8. The number of nitrogens with one attached hydrogen (secondary N) is 1. The molecular weight excluding hydrogens is 769 g/mol. The maximum absolute atomic E-state index is 14.5. The molecule has 1 aliphatic heterocycles. The van der Waals surface area contributed by atoms with Crippen molar-refractivity contribution in [3.63, 3.8) is 0 Å². The first-order chi connectivity index (χ1) is 26.9. The number of aromatic nitrogens is 2. The second-order valence-corrected chi connectivity index (χ2v) is 16.3. The van der Waals surface area contributed by atoms with Crippen molar-refractivity contribution in [2.45, 2.75) is 51.1 Å². The fraction of sp³-hybridized carbons (Fsp3) is 0.209. The Bertz CT molecular complexity index is 2610. The first-order valence-corrected chi connectivity index (χ1v) is 20.5. The molecule has 0 unspecified atom stereocenters. The van der Waals surface area contributed by atoms with E-state index in [-0.39, 0.29) is 44.9 Å². The Labute approximate surface area is 335 Å². The highest BCUT2D eigenvalue weighted by Gasteiger charge is 2.30. The number of rotatable bonds is 11. The maximum atomic E-state index is 14.5. The van der Waals surface area contributed by atoms with Crippen molar-refractivity contribution in [2.24, 2.45) is 0 Å². The summed E-state index contributed by atoms with van der Waals surface area (Å²) in [6.45, 7) is 5.22. The van der Waals surface area contributed by atoms with Crippen LogP contribution in [0, 0.1) is 6.92 Å². The monoisotopic (exact) mass is 807 g/mol. The van der Waals surface area contributed by atoms with Gasteiger partial charge in [-0.2, -0.15) is 5.10 Å². The van der Waals surface area contributed by atoms with Crippen LogP contribution in [-0.4, -0.2) is 58.8 Å². The van der Waals surface area contributed by atoms with E-state index in [1.807, 2.05) is 55.5 Å². The lowest BCUT2D eigenvalue weighted by Crippen LogP contribution is -2.37. The Morgan fingerprint density at radius 1 is 0.857 bits per heavy atom. The minimum Gasteiger partial charge on any atom is -0.334 e. The number of hydrogen-bond acceptors (Lipinski definition) is 6. The molecule has 3 amide bonds. The van der Waals surface area contributed by atoms with Crippen LogP contribution in [0.25, 0.3) is 16.5 Å². The van der Waals surface area contributed by atoms with Gasteiger partial charge in [-0.05, 0) is 89.7 Å². The van der Waals surface area contributed by atoms with E-state index >= 15 is 0 Å². The molecule has 7 rings (SSSR count). The molecule has 13 heteroatoms. The number of amides is 3. The standard InChI is InChI=1S/C43H39Cl2N5O5S/c1-3-4-21-48(26-29-10-9-15-35(44)23-29)43(53)40-39(45)28(2)50(46-40)38-19-17-33(25-37(38)42(52)49-22-20-31-12-6-8-14-34(31)27-49)41(51)47-56(54,55)36-18-16-30-11-5-7-13-32(30)24-36/h5-19,23-25H,3-4,20-22,26-27H2,1-2H3,(H,47,51). The zero-order valence-electron chi connectivity index (χ0n) is 30.8. The zero-order chi connectivity index (χ0) is 39.6. The zero-order valence-corrected chi connectivity index (χ0v) is 33.2. The molecule has 0 saturated heterocycles.